The lowest BCUT2D eigenvalue weighted by atomic mass is 10.2. The van der Waals surface area contributed by atoms with Crippen molar-refractivity contribution in [2.45, 2.75) is 39.5 Å². The van der Waals surface area contributed by atoms with E-state index < -0.39 is 0 Å². The third-order valence-electron chi connectivity index (χ3n) is 3.59. The van der Waals surface area contributed by atoms with Crippen molar-refractivity contribution in [2.75, 3.05) is 26.3 Å². The highest BCUT2D eigenvalue weighted by Gasteiger charge is 2.23. The van der Waals surface area contributed by atoms with E-state index in [0.29, 0.717) is 19.2 Å². The number of pyridine rings is 1. The number of nitrogens with zero attached hydrogens (tertiary/aromatic N) is 2. The van der Waals surface area contributed by atoms with Crippen molar-refractivity contribution < 1.29 is 9.47 Å². The van der Waals surface area contributed by atoms with Gasteiger partial charge in [-0.3, -0.25) is 9.88 Å². The molecule has 5 nitrogen and oxygen atoms in total. The van der Waals surface area contributed by atoms with Gasteiger partial charge in [0.2, 0.25) is 0 Å². The molecule has 112 valence electrons. The van der Waals surface area contributed by atoms with Gasteiger partial charge in [0.1, 0.15) is 18.5 Å². The van der Waals surface area contributed by atoms with E-state index in [1.165, 1.54) is 0 Å². The third kappa shape index (κ3) is 3.91. The Morgan fingerprint density at radius 1 is 1.50 bits per heavy atom. The Balaban J connectivity index is 1.91. The molecule has 1 atom stereocenters. The molecule has 0 aliphatic carbocycles. The maximum Gasteiger partial charge on any atom is 0.142 e. The van der Waals surface area contributed by atoms with Crippen LogP contribution in [0.25, 0.3) is 0 Å². The maximum atomic E-state index is 5.86. The second kappa shape index (κ2) is 7.02. The summed E-state index contributed by atoms with van der Waals surface area (Å²) in [6, 6.07) is 4.42. The zero-order valence-electron chi connectivity index (χ0n) is 12.6. The number of aryl methyl sites for hydroxylation is 1. The van der Waals surface area contributed by atoms with E-state index in [9.17, 15) is 0 Å². The van der Waals surface area contributed by atoms with Gasteiger partial charge in [0.25, 0.3) is 0 Å². The van der Waals surface area contributed by atoms with Crippen LogP contribution in [-0.2, 0) is 11.3 Å². The Labute approximate surface area is 121 Å². The Kier molecular flexibility index (Phi) is 5.34. The quantitative estimate of drug-likeness (QED) is 0.881. The summed E-state index contributed by atoms with van der Waals surface area (Å²) >= 11 is 0. The average molecular weight is 279 g/mol. The molecule has 20 heavy (non-hydrogen) atoms. The minimum Gasteiger partial charge on any atom is -0.489 e. The fraction of sp³-hybridized carbons (Fsp3) is 0.667. The zero-order valence-corrected chi connectivity index (χ0v) is 12.6. The van der Waals surface area contributed by atoms with Crippen molar-refractivity contribution in [1.29, 1.82) is 0 Å². The van der Waals surface area contributed by atoms with E-state index in [1.54, 1.807) is 0 Å². The molecule has 1 aliphatic rings. The number of ether oxygens (including phenoxy) is 2. The zero-order chi connectivity index (χ0) is 14.5. The summed E-state index contributed by atoms with van der Waals surface area (Å²) in [6.45, 7) is 9.97. The van der Waals surface area contributed by atoms with Crippen LogP contribution < -0.4 is 10.5 Å². The van der Waals surface area contributed by atoms with E-state index in [1.807, 2.05) is 19.1 Å². The van der Waals surface area contributed by atoms with E-state index in [-0.39, 0.29) is 6.10 Å². The van der Waals surface area contributed by atoms with Gasteiger partial charge in [0, 0.05) is 31.4 Å². The van der Waals surface area contributed by atoms with Crippen molar-refractivity contribution in [3.8, 4) is 5.75 Å². The highest BCUT2D eigenvalue weighted by molar-refractivity contribution is 5.29. The van der Waals surface area contributed by atoms with Gasteiger partial charge in [0.15, 0.2) is 0 Å². The van der Waals surface area contributed by atoms with Crippen LogP contribution in [0.1, 0.15) is 25.2 Å². The average Bonchev–Trinajstić information content (AvgIpc) is 2.46. The summed E-state index contributed by atoms with van der Waals surface area (Å²) in [7, 11) is 0. The number of aromatic nitrogens is 1. The van der Waals surface area contributed by atoms with Gasteiger partial charge in [-0.25, -0.2) is 0 Å². The number of nitrogens with two attached hydrogens (primary N) is 1. The molecule has 0 aromatic carbocycles. The molecule has 0 spiro atoms. The van der Waals surface area contributed by atoms with Crippen LogP contribution in [0, 0.1) is 6.92 Å². The summed E-state index contributed by atoms with van der Waals surface area (Å²) in [5.41, 5.74) is 7.47. The second-order valence-corrected chi connectivity index (χ2v) is 5.49. The lowest BCUT2D eigenvalue weighted by molar-refractivity contribution is -0.0566. The molecule has 2 rings (SSSR count). The smallest absolute Gasteiger partial charge is 0.142 e. The highest BCUT2D eigenvalue weighted by Crippen LogP contribution is 2.18. The van der Waals surface area contributed by atoms with Gasteiger partial charge in [-0.05, 0) is 32.9 Å². The Morgan fingerprint density at radius 3 is 3.00 bits per heavy atom. The van der Waals surface area contributed by atoms with E-state index in [4.69, 9.17) is 15.2 Å². The lowest BCUT2D eigenvalue weighted by Gasteiger charge is -2.35. The van der Waals surface area contributed by atoms with E-state index >= 15 is 0 Å². The molecule has 1 aromatic rings. The first kappa shape index (κ1) is 15.2. The second-order valence-electron chi connectivity index (χ2n) is 5.49. The van der Waals surface area contributed by atoms with Crippen molar-refractivity contribution in [3.63, 3.8) is 0 Å². The minimum atomic E-state index is 0.109. The van der Waals surface area contributed by atoms with Crippen LogP contribution in [0.3, 0.4) is 0 Å². The molecule has 1 unspecified atom stereocenters. The predicted octanol–water partition coefficient (Wildman–Crippen LogP) is 1.34. The van der Waals surface area contributed by atoms with Gasteiger partial charge in [0.05, 0.1) is 12.3 Å². The monoisotopic (exact) mass is 279 g/mol. The minimum absolute atomic E-state index is 0.109. The summed E-state index contributed by atoms with van der Waals surface area (Å²) in [5, 5.41) is 0. The Morgan fingerprint density at radius 2 is 2.30 bits per heavy atom. The SMILES string of the molecule is Cc1ccc(OCC2CN(C(C)C)CCO2)c(CN)n1. The topological polar surface area (TPSA) is 60.6 Å². The Bertz CT molecular complexity index is 437. The van der Waals surface area contributed by atoms with Crippen LogP contribution in [0.4, 0.5) is 0 Å². The van der Waals surface area contributed by atoms with Crippen LogP contribution in [-0.4, -0.2) is 48.3 Å². The molecule has 5 heteroatoms. The van der Waals surface area contributed by atoms with Crippen LogP contribution in [0.15, 0.2) is 12.1 Å². The molecule has 0 bridgehead atoms. The molecule has 1 aromatic heterocycles. The third-order valence-corrected chi connectivity index (χ3v) is 3.59. The lowest BCUT2D eigenvalue weighted by Crippen LogP contribution is -2.47. The van der Waals surface area contributed by atoms with Gasteiger partial charge < -0.3 is 15.2 Å². The van der Waals surface area contributed by atoms with Gasteiger partial charge in [-0.2, -0.15) is 0 Å². The summed E-state index contributed by atoms with van der Waals surface area (Å²) in [6.07, 6.45) is 0.109. The molecular weight excluding hydrogens is 254 g/mol. The highest BCUT2D eigenvalue weighted by atomic mass is 16.5. The molecule has 1 aliphatic heterocycles. The van der Waals surface area contributed by atoms with Crippen molar-refractivity contribution in [2.24, 2.45) is 5.73 Å². The van der Waals surface area contributed by atoms with E-state index in [0.717, 1.165) is 36.8 Å². The standard InChI is InChI=1S/C15H25N3O2/c1-11(2)18-6-7-19-13(9-18)10-20-15-5-4-12(3)17-14(15)8-16/h4-5,11,13H,6-10,16H2,1-3H3. The first-order chi connectivity index (χ1) is 9.60. The van der Waals surface area contributed by atoms with Crippen molar-refractivity contribution in [1.82, 2.24) is 9.88 Å². The molecule has 1 fully saturated rings. The molecular formula is C15H25N3O2. The number of rotatable bonds is 5. The van der Waals surface area contributed by atoms with Crippen LogP contribution >= 0.6 is 0 Å². The number of hydrogen-bond donors (Lipinski definition) is 1. The van der Waals surface area contributed by atoms with Gasteiger partial charge in [-0.15, -0.1) is 0 Å². The molecule has 0 radical (unpaired) electrons. The molecule has 0 amide bonds. The first-order valence-corrected chi connectivity index (χ1v) is 7.25. The normalized spacial score (nSPS) is 20.4. The Hall–Kier alpha value is -1.17. The maximum absolute atomic E-state index is 5.86. The number of morpholine rings is 1. The summed E-state index contributed by atoms with van der Waals surface area (Å²) in [4.78, 5) is 6.81. The fourth-order valence-corrected chi connectivity index (χ4v) is 2.37. The number of hydrogen-bond acceptors (Lipinski definition) is 5. The largest absolute Gasteiger partial charge is 0.489 e. The predicted molar refractivity (Wildman–Crippen MR) is 78.8 cm³/mol. The molecule has 0 saturated carbocycles. The first-order valence-electron chi connectivity index (χ1n) is 7.25. The van der Waals surface area contributed by atoms with E-state index in [2.05, 4.69) is 23.7 Å². The van der Waals surface area contributed by atoms with Crippen molar-refractivity contribution >= 4 is 0 Å². The fourth-order valence-electron chi connectivity index (χ4n) is 2.37. The molecule has 2 heterocycles. The molecule has 2 N–H and O–H groups in total. The summed E-state index contributed by atoms with van der Waals surface area (Å²) < 4.78 is 11.6. The molecule has 1 saturated heterocycles. The van der Waals surface area contributed by atoms with Gasteiger partial charge in [-0.1, -0.05) is 0 Å². The van der Waals surface area contributed by atoms with Crippen LogP contribution in [0.2, 0.25) is 0 Å². The van der Waals surface area contributed by atoms with Gasteiger partial charge >= 0.3 is 0 Å². The summed E-state index contributed by atoms with van der Waals surface area (Å²) in [5.74, 6) is 0.767. The van der Waals surface area contributed by atoms with Crippen molar-refractivity contribution in [3.05, 3.63) is 23.5 Å². The van der Waals surface area contributed by atoms with Crippen LogP contribution in [0.5, 0.6) is 5.75 Å².